The third kappa shape index (κ3) is 2.43. The van der Waals surface area contributed by atoms with E-state index in [1.807, 2.05) is 5.38 Å². The summed E-state index contributed by atoms with van der Waals surface area (Å²) in [7, 11) is 1.68. The van der Waals surface area contributed by atoms with Gasteiger partial charge in [0.15, 0.2) is 11.6 Å². The largest absolute Gasteiger partial charge is 0.361 e. The molecule has 0 saturated heterocycles. The van der Waals surface area contributed by atoms with Crippen molar-refractivity contribution in [2.45, 2.75) is 6.54 Å². The molecule has 0 unspecified atom stereocenters. The van der Waals surface area contributed by atoms with Crippen LogP contribution in [0.15, 0.2) is 17.8 Å². The minimum absolute atomic E-state index is 0.176. The van der Waals surface area contributed by atoms with E-state index in [1.165, 1.54) is 11.3 Å². The summed E-state index contributed by atoms with van der Waals surface area (Å²) in [5, 5.41) is 8.36. The number of hydrogen-bond acceptors (Lipinski definition) is 6. The standard InChI is InChI=1S/C9H10FN5S/c1-11-9-14-4-6(10)8(15-9)13-5-7-12-2-3-16-7/h2-4H,5H2,1H3,(H2,11,13,14,15). The van der Waals surface area contributed by atoms with Crippen LogP contribution in [0.1, 0.15) is 5.01 Å². The Labute approximate surface area is 95.8 Å². The number of rotatable bonds is 4. The highest BCUT2D eigenvalue weighted by Crippen LogP contribution is 2.13. The van der Waals surface area contributed by atoms with Gasteiger partial charge in [-0.05, 0) is 0 Å². The molecule has 0 radical (unpaired) electrons. The number of nitrogens with one attached hydrogen (secondary N) is 2. The fraction of sp³-hybridized carbons (Fsp3) is 0.222. The van der Waals surface area contributed by atoms with Gasteiger partial charge in [-0.15, -0.1) is 11.3 Å². The van der Waals surface area contributed by atoms with Gasteiger partial charge in [-0.3, -0.25) is 0 Å². The molecule has 5 nitrogen and oxygen atoms in total. The Balaban J connectivity index is 2.08. The van der Waals surface area contributed by atoms with E-state index in [9.17, 15) is 4.39 Å². The Morgan fingerprint density at radius 3 is 3.00 bits per heavy atom. The second-order valence-corrected chi connectivity index (χ2v) is 3.90. The van der Waals surface area contributed by atoms with Gasteiger partial charge in [-0.25, -0.2) is 14.4 Å². The average molecular weight is 239 g/mol. The van der Waals surface area contributed by atoms with Crippen molar-refractivity contribution in [3.8, 4) is 0 Å². The van der Waals surface area contributed by atoms with Crippen LogP contribution in [0.25, 0.3) is 0 Å². The van der Waals surface area contributed by atoms with Crippen molar-refractivity contribution in [2.24, 2.45) is 0 Å². The first-order valence-corrected chi connectivity index (χ1v) is 5.50. The molecular weight excluding hydrogens is 229 g/mol. The Hall–Kier alpha value is -1.76. The fourth-order valence-electron chi connectivity index (χ4n) is 1.11. The summed E-state index contributed by atoms with van der Waals surface area (Å²) in [6.45, 7) is 0.453. The van der Waals surface area contributed by atoms with Crippen LogP contribution < -0.4 is 10.6 Å². The van der Waals surface area contributed by atoms with E-state index in [0.717, 1.165) is 11.2 Å². The second-order valence-electron chi connectivity index (χ2n) is 2.92. The molecule has 0 aromatic carbocycles. The lowest BCUT2D eigenvalue weighted by Crippen LogP contribution is -2.06. The van der Waals surface area contributed by atoms with Gasteiger partial charge in [0.05, 0.1) is 12.7 Å². The molecule has 0 saturated carbocycles. The van der Waals surface area contributed by atoms with Crippen molar-refractivity contribution in [3.05, 3.63) is 28.6 Å². The number of nitrogens with zero attached hydrogens (tertiary/aromatic N) is 3. The van der Waals surface area contributed by atoms with Crippen LogP contribution >= 0.6 is 11.3 Å². The number of anilines is 2. The van der Waals surface area contributed by atoms with E-state index < -0.39 is 5.82 Å². The molecule has 0 fully saturated rings. The van der Waals surface area contributed by atoms with E-state index in [4.69, 9.17) is 0 Å². The Morgan fingerprint density at radius 1 is 1.44 bits per heavy atom. The highest BCUT2D eigenvalue weighted by atomic mass is 32.1. The summed E-state index contributed by atoms with van der Waals surface area (Å²) in [6.07, 6.45) is 2.83. The van der Waals surface area contributed by atoms with E-state index in [0.29, 0.717) is 12.5 Å². The van der Waals surface area contributed by atoms with Crippen LogP contribution in [-0.2, 0) is 6.54 Å². The maximum atomic E-state index is 13.3. The molecule has 0 bridgehead atoms. The smallest absolute Gasteiger partial charge is 0.224 e. The molecule has 7 heteroatoms. The maximum absolute atomic E-state index is 13.3. The maximum Gasteiger partial charge on any atom is 0.224 e. The van der Waals surface area contributed by atoms with Gasteiger partial charge in [0, 0.05) is 18.6 Å². The van der Waals surface area contributed by atoms with Crippen molar-refractivity contribution in [1.29, 1.82) is 0 Å². The number of aromatic nitrogens is 3. The lowest BCUT2D eigenvalue weighted by molar-refractivity contribution is 0.617. The molecule has 0 amide bonds. The molecule has 0 aliphatic rings. The predicted molar refractivity (Wildman–Crippen MR) is 61.0 cm³/mol. The zero-order valence-electron chi connectivity index (χ0n) is 8.57. The minimum Gasteiger partial charge on any atom is -0.361 e. The second kappa shape index (κ2) is 4.84. The van der Waals surface area contributed by atoms with Gasteiger partial charge in [-0.1, -0.05) is 0 Å². The summed E-state index contributed by atoms with van der Waals surface area (Å²) >= 11 is 1.50. The van der Waals surface area contributed by atoms with Crippen LogP contribution in [0.4, 0.5) is 16.2 Å². The highest BCUT2D eigenvalue weighted by Gasteiger charge is 2.06. The first-order valence-electron chi connectivity index (χ1n) is 4.62. The monoisotopic (exact) mass is 239 g/mol. The molecule has 2 rings (SSSR count). The molecule has 2 aromatic rings. The molecule has 16 heavy (non-hydrogen) atoms. The van der Waals surface area contributed by atoms with Crippen LogP contribution in [0.2, 0.25) is 0 Å². The first kappa shape index (κ1) is 10.7. The summed E-state index contributed by atoms with van der Waals surface area (Å²) in [6, 6.07) is 0. The van der Waals surface area contributed by atoms with E-state index in [1.54, 1.807) is 13.2 Å². The molecule has 0 atom stereocenters. The van der Waals surface area contributed by atoms with Crippen molar-refractivity contribution < 1.29 is 4.39 Å². The molecular formula is C9H10FN5S. The van der Waals surface area contributed by atoms with Crippen molar-refractivity contribution in [1.82, 2.24) is 15.0 Å². The minimum atomic E-state index is -0.476. The fourth-order valence-corrected chi connectivity index (χ4v) is 1.67. The first-order chi connectivity index (χ1) is 7.79. The Morgan fingerprint density at radius 2 is 2.31 bits per heavy atom. The van der Waals surface area contributed by atoms with E-state index in [2.05, 4.69) is 25.6 Å². The number of halogens is 1. The normalized spacial score (nSPS) is 10.1. The molecule has 84 valence electrons. The van der Waals surface area contributed by atoms with Gasteiger partial charge in [0.25, 0.3) is 0 Å². The number of hydrogen-bond donors (Lipinski definition) is 2. The summed E-state index contributed by atoms with van der Waals surface area (Å²) in [4.78, 5) is 11.8. The zero-order valence-corrected chi connectivity index (χ0v) is 9.38. The molecule has 0 aliphatic heterocycles. The van der Waals surface area contributed by atoms with Crippen LogP contribution in [0, 0.1) is 5.82 Å². The van der Waals surface area contributed by atoms with Crippen molar-refractivity contribution in [2.75, 3.05) is 17.7 Å². The third-order valence-electron chi connectivity index (χ3n) is 1.86. The van der Waals surface area contributed by atoms with Crippen LogP contribution in [0.3, 0.4) is 0 Å². The summed E-state index contributed by atoms with van der Waals surface area (Å²) in [5.74, 6) is 0.0770. The van der Waals surface area contributed by atoms with Crippen LogP contribution in [-0.4, -0.2) is 22.0 Å². The molecule has 0 spiro atoms. The van der Waals surface area contributed by atoms with Crippen LogP contribution in [0.5, 0.6) is 0 Å². The quantitative estimate of drug-likeness (QED) is 0.850. The van der Waals surface area contributed by atoms with E-state index >= 15 is 0 Å². The highest BCUT2D eigenvalue weighted by molar-refractivity contribution is 7.09. The topological polar surface area (TPSA) is 62.7 Å². The Bertz CT molecular complexity index is 459. The Kier molecular flexibility index (Phi) is 3.25. The lowest BCUT2D eigenvalue weighted by Gasteiger charge is -2.05. The van der Waals surface area contributed by atoms with Gasteiger partial charge in [-0.2, -0.15) is 4.98 Å². The van der Waals surface area contributed by atoms with E-state index in [-0.39, 0.29) is 5.82 Å². The molecule has 2 aromatic heterocycles. The predicted octanol–water partition coefficient (Wildman–Crippen LogP) is 1.73. The SMILES string of the molecule is CNc1ncc(F)c(NCc2nccs2)n1. The zero-order chi connectivity index (χ0) is 11.4. The summed E-state index contributed by atoms with van der Waals surface area (Å²) < 4.78 is 13.3. The molecule has 2 N–H and O–H groups in total. The number of thiazole rings is 1. The van der Waals surface area contributed by atoms with Crippen molar-refractivity contribution >= 4 is 23.1 Å². The van der Waals surface area contributed by atoms with Gasteiger partial charge in [0.1, 0.15) is 5.01 Å². The van der Waals surface area contributed by atoms with Crippen molar-refractivity contribution in [3.63, 3.8) is 0 Å². The third-order valence-corrected chi connectivity index (χ3v) is 2.64. The van der Waals surface area contributed by atoms with Gasteiger partial charge < -0.3 is 10.6 Å². The lowest BCUT2D eigenvalue weighted by atomic mass is 10.5. The molecule has 2 heterocycles. The molecule has 0 aliphatic carbocycles. The average Bonchev–Trinajstić information content (AvgIpc) is 2.81. The van der Waals surface area contributed by atoms with Gasteiger partial charge >= 0.3 is 0 Å². The summed E-state index contributed by atoms with van der Waals surface area (Å²) in [5.41, 5.74) is 0. The van der Waals surface area contributed by atoms with Gasteiger partial charge in [0.2, 0.25) is 5.95 Å².